The van der Waals surface area contributed by atoms with Gasteiger partial charge in [-0.1, -0.05) is 30.3 Å². The van der Waals surface area contributed by atoms with Gasteiger partial charge in [0.1, 0.15) is 11.0 Å². The van der Waals surface area contributed by atoms with Crippen LogP contribution < -0.4 is 0 Å². The van der Waals surface area contributed by atoms with Crippen LogP contribution in [0.5, 0.6) is 0 Å². The van der Waals surface area contributed by atoms with E-state index in [1.807, 2.05) is 0 Å². The van der Waals surface area contributed by atoms with E-state index >= 15 is 0 Å². The van der Waals surface area contributed by atoms with E-state index in [0.717, 1.165) is 4.90 Å². The van der Waals surface area contributed by atoms with Crippen LogP contribution in [0.4, 0.5) is 18.0 Å². The van der Waals surface area contributed by atoms with Crippen molar-refractivity contribution in [3.05, 3.63) is 35.9 Å². The minimum absolute atomic E-state index is 0.0311. The van der Waals surface area contributed by atoms with E-state index in [1.54, 1.807) is 39.0 Å². The SMILES string of the molecule is CC(C)(C)OC(=O)N1CC[C@@](c2ccccc2)(C(F)(F)F)C1. The first-order valence-electron chi connectivity index (χ1n) is 7.15. The van der Waals surface area contributed by atoms with E-state index in [1.165, 1.54) is 12.1 Å². The molecule has 122 valence electrons. The smallest absolute Gasteiger partial charge is 0.410 e. The van der Waals surface area contributed by atoms with Gasteiger partial charge in [-0.05, 0) is 32.8 Å². The minimum Gasteiger partial charge on any atom is -0.444 e. The summed E-state index contributed by atoms with van der Waals surface area (Å²) in [7, 11) is 0. The molecule has 1 amide bonds. The lowest BCUT2D eigenvalue weighted by molar-refractivity contribution is -0.186. The average Bonchev–Trinajstić information content (AvgIpc) is 2.83. The Morgan fingerprint density at radius 3 is 2.27 bits per heavy atom. The summed E-state index contributed by atoms with van der Waals surface area (Å²) in [6.45, 7) is 4.69. The Balaban J connectivity index is 2.27. The molecule has 1 aliphatic rings. The molecule has 0 aromatic heterocycles. The van der Waals surface area contributed by atoms with Gasteiger partial charge in [-0.15, -0.1) is 0 Å². The molecule has 1 aliphatic heterocycles. The van der Waals surface area contributed by atoms with Crippen molar-refractivity contribution < 1.29 is 22.7 Å². The van der Waals surface area contributed by atoms with E-state index in [9.17, 15) is 18.0 Å². The van der Waals surface area contributed by atoms with Crippen molar-refractivity contribution in [3.8, 4) is 0 Å². The molecule has 0 saturated carbocycles. The summed E-state index contributed by atoms with van der Waals surface area (Å²) in [6.07, 6.45) is -5.28. The number of halogens is 3. The number of rotatable bonds is 1. The van der Waals surface area contributed by atoms with Crippen LogP contribution in [-0.2, 0) is 10.2 Å². The molecule has 6 heteroatoms. The highest BCUT2D eigenvalue weighted by Gasteiger charge is 2.59. The third-order valence-electron chi connectivity index (χ3n) is 3.79. The second-order valence-corrected chi connectivity index (χ2v) is 6.60. The molecule has 0 radical (unpaired) electrons. The number of likely N-dealkylation sites (tertiary alicyclic amines) is 1. The Labute approximate surface area is 128 Å². The quantitative estimate of drug-likeness (QED) is 0.780. The van der Waals surface area contributed by atoms with Gasteiger partial charge in [0, 0.05) is 13.1 Å². The highest BCUT2D eigenvalue weighted by Crippen LogP contribution is 2.47. The van der Waals surface area contributed by atoms with E-state index in [0.29, 0.717) is 0 Å². The predicted molar refractivity (Wildman–Crippen MR) is 76.6 cm³/mol. The van der Waals surface area contributed by atoms with Gasteiger partial charge in [0.25, 0.3) is 0 Å². The zero-order valence-electron chi connectivity index (χ0n) is 12.9. The average molecular weight is 315 g/mol. The number of alkyl halides is 3. The first-order valence-corrected chi connectivity index (χ1v) is 7.15. The molecule has 1 saturated heterocycles. The summed E-state index contributed by atoms with van der Waals surface area (Å²) in [5.74, 6) is 0. The van der Waals surface area contributed by atoms with Crippen molar-refractivity contribution in [1.82, 2.24) is 4.90 Å². The van der Waals surface area contributed by atoms with E-state index in [-0.39, 0.29) is 18.5 Å². The number of hydrogen-bond acceptors (Lipinski definition) is 2. The van der Waals surface area contributed by atoms with Crippen molar-refractivity contribution in [2.45, 2.75) is 44.4 Å². The summed E-state index contributed by atoms with van der Waals surface area (Å²) < 4.78 is 46.3. The number of amides is 1. The van der Waals surface area contributed by atoms with Crippen LogP contribution in [0.2, 0.25) is 0 Å². The maximum atomic E-state index is 13.7. The Morgan fingerprint density at radius 1 is 1.18 bits per heavy atom. The highest BCUT2D eigenvalue weighted by atomic mass is 19.4. The van der Waals surface area contributed by atoms with Gasteiger partial charge in [-0.3, -0.25) is 0 Å². The van der Waals surface area contributed by atoms with Crippen molar-refractivity contribution in [3.63, 3.8) is 0 Å². The van der Waals surface area contributed by atoms with Crippen LogP contribution in [0.25, 0.3) is 0 Å². The van der Waals surface area contributed by atoms with Gasteiger partial charge in [0.2, 0.25) is 0 Å². The number of carbonyl (C=O) groups excluding carboxylic acids is 1. The normalized spacial score (nSPS) is 22.7. The molecule has 0 unspecified atom stereocenters. The summed E-state index contributed by atoms with van der Waals surface area (Å²) in [4.78, 5) is 13.2. The molecule has 0 aliphatic carbocycles. The number of ether oxygens (including phenoxy) is 1. The fourth-order valence-corrected chi connectivity index (χ4v) is 2.68. The third-order valence-corrected chi connectivity index (χ3v) is 3.79. The third kappa shape index (κ3) is 3.20. The highest BCUT2D eigenvalue weighted by molar-refractivity contribution is 5.69. The largest absolute Gasteiger partial charge is 0.444 e. The molecular formula is C16H20F3NO2. The molecule has 1 fully saturated rings. The Morgan fingerprint density at radius 2 is 1.77 bits per heavy atom. The van der Waals surface area contributed by atoms with E-state index in [4.69, 9.17) is 4.74 Å². The molecule has 0 N–H and O–H groups in total. The monoisotopic (exact) mass is 315 g/mol. The molecule has 0 spiro atoms. The number of hydrogen-bond donors (Lipinski definition) is 0. The maximum Gasteiger partial charge on any atom is 0.410 e. The zero-order valence-corrected chi connectivity index (χ0v) is 12.9. The van der Waals surface area contributed by atoms with Crippen LogP contribution in [0.3, 0.4) is 0 Å². The lowest BCUT2D eigenvalue weighted by Gasteiger charge is -2.32. The van der Waals surface area contributed by atoms with Crippen LogP contribution in [-0.4, -0.2) is 35.9 Å². The maximum absolute atomic E-state index is 13.7. The van der Waals surface area contributed by atoms with Crippen molar-refractivity contribution in [1.29, 1.82) is 0 Å². The molecular weight excluding hydrogens is 295 g/mol. The first-order chi connectivity index (χ1) is 10.1. The van der Waals surface area contributed by atoms with Crippen LogP contribution in [0.1, 0.15) is 32.8 Å². The Kier molecular flexibility index (Phi) is 4.15. The minimum atomic E-state index is -4.43. The Bertz CT molecular complexity index is 537. The second kappa shape index (κ2) is 5.48. The van der Waals surface area contributed by atoms with Crippen molar-refractivity contribution >= 4 is 6.09 Å². The van der Waals surface area contributed by atoms with Gasteiger partial charge in [0.05, 0.1) is 0 Å². The summed E-state index contributed by atoms with van der Waals surface area (Å²) >= 11 is 0. The van der Waals surface area contributed by atoms with Crippen LogP contribution in [0, 0.1) is 0 Å². The summed E-state index contributed by atoms with van der Waals surface area (Å²) in [5, 5.41) is 0. The lowest BCUT2D eigenvalue weighted by atomic mass is 9.79. The lowest BCUT2D eigenvalue weighted by Crippen LogP contribution is -2.46. The van der Waals surface area contributed by atoms with Gasteiger partial charge >= 0.3 is 12.3 Å². The van der Waals surface area contributed by atoms with Gasteiger partial charge in [0.15, 0.2) is 0 Å². The number of nitrogens with zero attached hydrogens (tertiary/aromatic N) is 1. The molecule has 1 aromatic rings. The number of benzene rings is 1. The van der Waals surface area contributed by atoms with Crippen LogP contribution in [0.15, 0.2) is 30.3 Å². The van der Waals surface area contributed by atoms with Gasteiger partial charge in [-0.2, -0.15) is 13.2 Å². The van der Waals surface area contributed by atoms with Gasteiger partial charge in [-0.25, -0.2) is 4.79 Å². The topological polar surface area (TPSA) is 29.5 Å². The summed E-state index contributed by atoms with van der Waals surface area (Å²) in [6, 6.07) is 7.77. The predicted octanol–water partition coefficient (Wildman–Crippen LogP) is 4.13. The molecule has 1 atom stereocenters. The fraction of sp³-hybridized carbons (Fsp3) is 0.562. The van der Waals surface area contributed by atoms with Crippen molar-refractivity contribution in [2.24, 2.45) is 0 Å². The Hall–Kier alpha value is -1.72. The molecule has 2 rings (SSSR count). The van der Waals surface area contributed by atoms with E-state index < -0.39 is 29.8 Å². The zero-order chi connectivity index (χ0) is 16.6. The second-order valence-electron chi connectivity index (χ2n) is 6.60. The van der Waals surface area contributed by atoms with Crippen molar-refractivity contribution in [2.75, 3.05) is 13.1 Å². The molecule has 3 nitrogen and oxygen atoms in total. The number of carbonyl (C=O) groups is 1. The molecule has 0 bridgehead atoms. The molecule has 1 aromatic carbocycles. The summed E-state index contributed by atoms with van der Waals surface area (Å²) in [5.41, 5.74) is -2.56. The molecule has 1 heterocycles. The van der Waals surface area contributed by atoms with Crippen LogP contribution >= 0.6 is 0 Å². The molecule has 22 heavy (non-hydrogen) atoms. The first kappa shape index (κ1) is 16.6. The fourth-order valence-electron chi connectivity index (χ4n) is 2.68. The van der Waals surface area contributed by atoms with Gasteiger partial charge < -0.3 is 9.64 Å². The standard InChI is InChI=1S/C16H20F3NO2/c1-14(2,3)22-13(21)20-10-9-15(11-20,16(17,18)19)12-7-5-4-6-8-12/h4-8H,9-11H2,1-3H3/t15-/m1/s1. The van der Waals surface area contributed by atoms with E-state index in [2.05, 4.69) is 0 Å².